The third-order valence-corrected chi connectivity index (χ3v) is 3.14. The predicted molar refractivity (Wildman–Crippen MR) is 79.7 cm³/mol. The second-order valence-electron chi connectivity index (χ2n) is 4.73. The molecule has 2 rings (SSSR count). The summed E-state index contributed by atoms with van der Waals surface area (Å²) in [5.74, 6) is 1.89. The number of aryl methyl sites for hydroxylation is 2. The molecule has 2 heterocycles. The lowest BCUT2D eigenvalue weighted by molar-refractivity contribution is 0.746. The average molecular weight is 324 g/mol. The van der Waals surface area contributed by atoms with E-state index in [0.29, 0.717) is 0 Å². The fourth-order valence-corrected chi connectivity index (χ4v) is 2.19. The molecule has 0 aliphatic rings. The van der Waals surface area contributed by atoms with Crippen molar-refractivity contribution < 1.29 is 0 Å². The average Bonchev–Trinajstić information content (AvgIpc) is 2.68. The van der Waals surface area contributed by atoms with Gasteiger partial charge in [0.05, 0.1) is 11.4 Å². The molecule has 0 aromatic carbocycles. The molecule has 6 heteroatoms. The Morgan fingerprint density at radius 2 is 2.11 bits per heavy atom. The van der Waals surface area contributed by atoms with Crippen LogP contribution in [0.25, 0.3) is 0 Å². The molecule has 0 saturated heterocycles. The first-order valence-corrected chi connectivity index (χ1v) is 7.13. The van der Waals surface area contributed by atoms with Gasteiger partial charge in [-0.15, -0.1) is 0 Å². The molecular formula is C13H18BrN5. The molecule has 102 valence electrons. The second-order valence-corrected chi connectivity index (χ2v) is 5.54. The summed E-state index contributed by atoms with van der Waals surface area (Å²) in [6.45, 7) is 6.24. The Bertz CT molecular complexity index is 576. The van der Waals surface area contributed by atoms with Crippen molar-refractivity contribution in [3.63, 3.8) is 0 Å². The van der Waals surface area contributed by atoms with Crippen molar-refractivity contribution in [2.45, 2.75) is 33.1 Å². The zero-order valence-electron chi connectivity index (χ0n) is 11.6. The first-order chi connectivity index (χ1) is 8.99. The zero-order chi connectivity index (χ0) is 14.0. The standard InChI is InChI=1S/C13H18BrN5/c1-5-9-10(7-19(4)18-9)15-12-6-11(14)16-13(17-12)8(2)3/h6-8H,5H2,1-4H3,(H,15,16,17). The number of rotatable bonds is 4. The van der Waals surface area contributed by atoms with Gasteiger partial charge in [0, 0.05) is 25.2 Å². The molecule has 0 amide bonds. The summed E-state index contributed by atoms with van der Waals surface area (Å²) in [5, 5.41) is 7.72. The quantitative estimate of drug-likeness (QED) is 0.876. The molecule has 0 unspecified atom stereocenters. The maximum absolute atomic E-state index is 4.52. The lowest BCUT2D eigenvalue weighted by Crippen LogP contribution is -2.02. The van der Waals surface area contributed by atoms with Gasteiger partial charge < -0.3 is 5.32 Å². The number of anilines is 2. The molecule has 2 aromatic heterocycles. The molecule has 0 aliphatic carbocycles. The number of halogens is 1. The first-order valence-electron chi connectivity index (χ1n) is 6.33. The molecule has 2 aromatic rings. The van der Waals surface area contributed by atoms with Crippen molar-refractivity contribution in [2.24, 2.45) is 7.05 Å². The van der Waals surface area contributed by atoms with Crippen LogP contribution >= 0.6 is 15.9 Å². The van der Waals surface area contributed by atoms with E-state index >= 15 is 0 Å². The highest BCUT2D eigenvalue weighted by atomic mass is 79.9. The van der Waals surface area contributed by atoms with Crippen LogP contribution in [0.4, 0.5) is 11.5 Å². The van der Waals surface area contributed by atoms with Crippen molar-refractivity contribution in [1.82, 2.24) is 19.7 Å². The van der Waals surface area contributed by atoms with Crippen LogP contribution < -0.4 is 5.32 Å². The summed E-state index contributed by atoms with van der Waals surface area (Å²) in [7, 11) is 1.92. The number of hydrogen-bond acceptors (Lipinski definition) is 4. The summed E-state index contributed by atoms with van der Waals surface area (Å²) in [4.78, 5) is 8.89. The van der Waals surface area contributed by atoms with Crippen LogP contribution in [0, 0.1) is 0 Å². The Morgan fingerprint density at radius 3 is 2.74 bits per heavy atom. The minimum atomic E-state index is 0.289. The Balaban J connectivity index is 2.32. The molecule has 0 radical (unpaired) electrons. The lowest BCUT2D eigenvalue weighted by atomic mass is 10.2. The fraction of sp³-hybridized carbons (Fsp3) is 0.462. The normalized spacial score (nSPS) is 11.1. The van der Waals surface area contributed by atoms with Crippen LogP contribution in [0.1, 0.15) is 38.2 Å². The Hall–Kier alpha value is -1.43. The maximum Gasteiger partial charge on any atom is 0.135 e. The van der Waals surface area contributed by atoms with Gasteiger partial charge in [-0.2, -0.15) is 5.10 Å². The zero-order valence-corrected chi connectivity index (χ0v) is 13.2. The number of hydrogen-bond donors (Lipinski definition) is 1. The van der Waals surface area contributed by atoms with Crippen LogP contribution in [0.15, 0.2) is 16.9 Å². The van der Waals surface area contributed by atoms with Crippen molar-refractivity contribution in [3.8, 4) is 0 Å². The van der Waals surface area contributed by atoms with Crippen molar-refractivity contribution in [3.05, 3.63) is 28.4 Å². The van der Waals surface area contributed by atoms with Gasteiger partial charge in [0.15, 0.2) is 0 Å². The van der Waals surface area contributed by atoms with E-state index < -0.39 is 0 Å². The van der Waals surface area contributed by atoms with E-state index in [1.54, 1.807) is 4.68 Å². The molecule has 0 aliphatic heterocycles. The third kappa shape index (κ3) is 3.32. The Labute approximate surface area is 121 Å². The largest absolute Gasteiger partial charge is 0.337 e. The minimum absolute atomic E-state index is 0.289. The summed E-state index contributed by atoms with van der Waals surface area (Å²) in [6.07, 6.45) is 2.84. The van der Waals surface area contributed by atoms with Gasteiger partial charge in [0.1, 0.15) is 16.2 Å². The van der Waals surface area contributed by atoms with Gasteiger partial charge in [-0.3, -0.25) is 4.68 Å². The van der Waals surface area contributed by atoms with Crippen LogP contribution in [-0.4, -0.2) is 19.7 Å². The van der Waals surface area contributed by atoms with E-state index in [-0.39, 0.29) is 5.92 Å². The van der Waals surface area contributed by atoms with E-state index in [1.807, 2.05) is 19.3 Å². The van der Waals surface area contributed by atoms with E-state index in [1.165, 1.54) is 0 Å². The van der Waals surface area contributed by atoms with Gasteiger partial charge in [-0.25, -0.2) is 9.97 Å². The molecule has 0 atom stereocenters. The number of aromatic nitrogens is 4. The SMILES string of the molecule is CCc1nn(C)cc1Nc1cc(Br)nc(C(C)C)n1. The van der Waals surface area contributed by atoms with Gasteiger partial charge in [-0.1, -0.05) is 20.8 Å². The van der Waals surface area contributed by atoms with Gasteiger partial charge in [0.2, 0.25) is 0 Å². The Kier molecular flexibility index (Phi) is 4.19. The van der Waals surface area contributed by atoms with Crippen molar-refractivity contribution in [2.75, 3.05) is 5.32 Å². The summed E-state index contributed by atoms with van der Waals surface area (Å²) >= 11 is 3.42. The van der Waals surface area contributed by atoms with Crippen LogP contribution in [0.2, 0.25) is 0 Å². The lowest BCUT2D eigenvalue weighted by Gasteiger charge is -2.09. The number of nitrogens with zero attached hydrogens (tertiary/aromatic N) is 4. The molecule has 19 heavy (non-hydrogen) atoms. The van der Waals surface area contributed by atoms with E-state index in [9.17, 15) is 0 Å². The van der Waals surface area contributed by atoms with E-state index in [4.69, 9.17) is 0 Å². The van der Waals surface area contributed by atoms with Gasteiger partial charge >= 0.3 is 0 Å². The third-order valence-electron chi connectivity index (χ3n) is 2.73. The topological polar surface area (TPSA) is 55.6 Å². The molecule has 5 nitrogen and oxygen atoms in total. The number of nitrogens with one attached hydrogen (secondary N) is 1. The molecule has 0 saturated carbocycles. The smallest absolute Gasteiger partial charge is 0.135 e. The molecule has 0 bridgehead atoms. The van der Waals surface area contributed by atoms with E-state index in [0.717, 1.165) is 34.0 Å². The molecular weight excluding hydrogens is 306 g/mol. The van der Waals surface area contributed by atoms with Gasteiger partial charge in [0.25, 0.3) is 0 Å². The second kappa shape index (κ2) is 5.69. The van der Waals surface area contributed by atoms with Crippen LogP contribution in [0.5, 0.6) is 0 Å². The Morgan fingerprint density at radius 1 is 1.37 bits per heavy atom. The highest BCUT2D eigenvalue weighted by Crippen LogP contribution is 2.22. The maximum atomic E-state index is 4.52. The molecule has 1 N–H and O–H groups in total. The first kappa shape index (κ1) is 14.0. The van der Waals surface area contributed by atoms with Crippen LogP contribution in [-0.2, 0) is 13.5 Å². The summed E-state index contributed by atoms with van der Waals surface area (Å²) < 4.78 is 2.59. The highest BCUT2D eigenvalue weighted by Gasteiger charge is 2.10. The molecule has 0 fully saturated rings. The van der Waals surface area contributed by atoms with Crippen LogP contribution in [0.3, 0.4) is 0 Å². The van der Waals surface area contributed by atoms with E-state index in [2.05, 4.69) is 57.1 Å². The molecule has 0 spiro atoms. The van der Waals surface area contributed by atoms with Crippen molar-refractivity contribution >= 4 is 27.4 Å². The highest BCUT2D eigenvalue weighted by molar-refractivity contribution is 9.10. The summed E-state index contributed by atoms with van der Waals surface area (Å²) in [6, 6.07) is 1.87. The van der Waals surface area contributed by atoms with Gasteiger partial charge in [-0.05, 0) is 22.4 Å². The predicted octanol–water partition coefficient (Wildman–Crippen LogP) is 3.40. The van der Waals surface area contributed by atoms with Crippen molar-refractivity contribution in [1.29, 1.82) is 0 Å². The monoisotopic (exact) mass is 323 g/mol. The minimum Gasteiger partial charge on any atom is -0.337 e. The fourth-order valence-electron chi connectivity index (χ4n) is 1.80. The summed E-state index contributed by atoms with van der Waals surface area (Å²) in [5.41, 5.74) is 2.02.